The summed E-state index contributed by atoms with van der Waals surface area (Å²) in [6.45, 7) is 2.00. The van der Waals surface area contributed by atoms with Crippen LogP contribution in [-0.2, 0) is 4.79 Å². The molecule has 0 aromatic heterocycles. The van der Waals surface area contributed by atoms with Crippen LogP contribution in [0.4, 0.5) is 11.4 Å². The van der Waals surface area contributed by atoms with E-state index in [0.717, 1.165) is 25.1 Å². The van der Waals surface area contributed by atoms with E-state index in [0.29, 0.717) is 11.4 Å². The van der Waals surface area contributed by atoms with Crippen LogP contribution in [-0.4, -0.2) is 11.7 Å². The summed E-state index contributed by atoms with van der Waals surface area (Å²) in [5.41, 5.74) is 8.48. The molecule has 2 aromatic rings. The number of carbonyl (C=O) groups excluding carboxylic acids is 1. The monoisotopic (exact) mass is 428 g/mol. The van der Waals surface area contributed by atoms with Crippen LogP contribution >= 0.6 is 43.6 Å². The number of carbonyl (C=O) groups is 1. The minimum absolute atomic E-state index is 0.0658. The smallest absolute Gasteiger partial charge is 0.234 e. The molecule has 0 aliphatic carbocycles. The second kappa shape index (κ2) is 7.33. The maximum atomic E-state index is 12.0. The Balaban J connectivity index is 1.97. The molecule has 2 aromatic carbocycles. The topological polar surface area (TPSA) is 55.1 Å². The number of hydrogen-bond acceptors (Lipinski definition) is 3. The van der Waals surface area contributed by atoms with Crippen LogP contribution in [0.1, 0.15) is 5.56 Å². The zero-order chi connectivity index (χ0) is 15.4. The molecule has 21 heavy (non-hydrogen) atoms. The highest BCUT2D eigenvalue weighted by atomic mass is 79.9. The second-order valence-electron chi connectivity index (χ2n) is 4.50. The molecule has 2 rings (SSSR count). The van der Waals surface area contributed by atoms with Crippen molar-refractivity contribution in [2.45, 2.75) is 11.8 Å². The Bertz CT molecular complexity index is 677. The molecule has 3 N–H and O–H groups in total. The molecule has 0 saturated heterocycles. The van der Waals surface area contributed by atoms with Crippen molar-refractivity contribution in [2.75, 3.05) is 16.8 Å². The Morgan fingerprint density at radius 1 is 1.24 bits per heavy atom. The zero-order valence-electron chi connectivity index (χ0n) is 11.3. The lowest BCUT2D eigenvalue weighted by Crippen LogP contribution is -2.14. The van der Waals surface area contributed by atoms with Gasteiger partial charge in [0.15, 0.2) is 0 Å². The van der Waals surface area contributed by atoms with Gasteiger partial charge in [-0.15, -0.1) is 11.8 Å². The SMILES string of the molecule is Cc1ccc(N)c(SCC(=O)Nc2ccc(Br)cc2Br)c1. The number of thioether (sulfide) groups is 1. The maximum Gasteiger partial charge on any atom is 0.234 e. The minimum atomic E-state index is -0.0658. The van der Waals surface area contributed by atoms with Crippen LogP contribution in [0.3, 0.4) is 0 Å². The number of rotatable bonds is 4. The van der Waals surface area contributed by atoms with Crippen LogP contribution in [0, 0.1) is 6.92 Å². The summed E-state index contributed by atoms with van der Waals surface area (Å²) in [6.07, 6.45) is 0. The summed E-state index contributed by atoms with van der Waals surface area (Å²) in [4.78, 5) is 12.9. The molecule has 110 valence electrons. The molecular weight excluding hydrogens is 416 g/mol. The van der Waals surface area contributed by atoms with Crippen LogP contribution < -0.4 is 11.1 Å². The summed E-state index contributed by atoms with van der Waals surface area (Å²) < 4.78 is 1.79. The highest BCUT2D eigenvalue weighted by Gasteiger charge is 2.08. The average molecular weight is 430 g/mol. The van der Waals surface area contributed by atoms with Crippen molar-refractivity contribution in [1.29, 1.82) is 0 Å². The summed E-state index contributed by atoms with van der Waals surface area (Å²) >= 11 is 8.24. The lowest BCUT2D eigenvalue weighted by Gasteiger charge is -2.09. The van der Waals surface area contributed by atoms with Crippen molar-refractivity contribution in [1.82, 2.24) is 0 Å². The third kappa shape index (κ3) is 4.76. The third-order valence-corrected chi connectivity index (χ3v) is 4.95. The van der Waals surface area contributed by atoms with Gasteiger partial charge >= 0.3 is 0 Å². The number of hydrogen-bond donors (Lipinski definition) is 2. The van der Waals surface area contributed by atoms with Gasteiger partial charge in [-0.05, 0) is 58.7 Å². The Morgan fingerprint density at radius 2 is 2.00 bits per heavy atom. The predicted molar refractivity (Wildman–Crippen MR) is 96.8 cm³/mol. The minimum Gasteiger partial charge on any atom is -0.398 e. The van der Waals surface area contributed by atoms with Gasteiger partial charge in [0, 0.05) is 19.5 Å². The number of benzene rings is 2. The van der Waals surface area contributed by atoms with Crippen molar-refractivity contribution in [3.63, 3.8) is 0 Å². The first-order chi connectivity index (χ1) is 9.95. The van der Waals surface area contributed by atoms with E-state index in [1.165, 1.54) is 11.8 Å². The van der Waals surface area contributed by atoms with Gasteiger partial charge in [0.2, 0.25) is 5.91 Å². The van der Waals surface area contributed by atoms with Crippen molar-refractivity contribution in [2.24, 2.45) is 0 Å². The number of aryl methyl sites for hydroxylation is 1. The van der Waals surface area contributed by atoms with E-state index in [4.69, 9.17) is 5.73 Å². The van der Waals surface area contributed by atoms with Gasteiger partial charge in [0.1, 0.15) is 0 Å². The fourth-order valence-electron chi connectivity index (χ4n) is 1.69. The third-order valence-electron chi connectivity index (χ3n) is 2.73. The Kier molecular flexibility index (Phi) is 5.72. The first kappa shape index (κ1) is 16.4. The van der Waals surface area contributed by atoms with Gasteiger partial charge in [-0.1, -0.05) is 22.0 Å². The Labute approximate surface area is 144 Å². The lowest BCUT2D eigenvalue weighted by atomic mass is 10.2. The molecule has 0 unspecified atom stereocenters. The van der Waals surface area contributed by atoms with E-state index in [1.54, 1.807) is 0 Å². The lowest BCUT2D eigenvalue weighted by molar-refractivity contribution is -0.113. The number of anilines is 2. The van der Waals surface area contributed by atoms with E-state index >= 15 is 0 Å². The highest BCUT2D eigenvalue weighted by Crippen LogP contribution is 2.28. The van der Waals surface area contributed by atoms with E-state index < -0.39 is 0 Å². The molecule has 0 fully saturated rings. The summed E-state index contributed by atoms with van der Waals surface area (Å²) in [6, 6.07) is 11.4. The van der Waals surface area contributed by atoms with E-state index in [9.17, 15) is 4.79 Å². The fraction of sp³-hybridized carbons (Fsp3) is 0.133. The standard InChI is InChI=1S/C15H14Br2N2OS/c1-9-2-4-12(18)14(6-9)21-8-15(20)19-13-5-3-10(16)7-11(13)17/h2-7H,8,18H2,1H3,(H,19,20). The Hall–Kier alpha value is -0.980. The average Bonchev–Trinajstić information content (AvgIpc) is 2.43. The van der Waals surface area contributed by atoms with Gasteiger partial charge in [-0.3, -0.25) is 4.79 Å². The molecule has 3 nitrogen and oxygen atoms in total. The first-order valence-corrected chi connectivity index (χ1v) is 8.76. The summed E-state index contributed by atoms with van der Waals surface area (Å²) in [7, 11) is 0. The summed E-state index contributed by atoms with van der Waals surface area (Å²) in [5, 5.41) is 2.87. The largest absolute Gasteiger partial charge is 0.398 e. The van der Waals surface area contributed by atoms with Crippen molar-refractivity contribution in [3.05, 3.63) is 50.9 Å². The molecule has 0 aliphatic heterocycles. The van der Waals surface area contributed by atoms with E-state index in [1.807, 2.05) is 43.3 Å². The Morgan fingerprint density at radius 3 is 2.71 bits per heavy atom. The molecule has 6 heteroatoms. The van der Waals surface area contributed by atoms with Gasteiger partial charge in [-0.2, -0.15) is 0 Å². The molecule has 0 spiro atoms. The van der Waals surface area contributed by atoms with Gasteiger partial charge in [-0.25, -0.2) is 0 Å². The fourth-order valence-corrected chi connectivity index (χ4v) is 3.70. The predicted octanol–water partition coefficient (Wildman–Crippen LogP) is 4.83. The highest BCUT2D eigenvalue weighted by molar-refractivity contribution is 9.11. The number of amides is 1. The van der Waals surface area contributed by atoms with Crippen molar-refractivity contribution < 1.29 is 4.79 Å². The van der Waals surface area contributed by atoms with Crippen LogP contribution in [0.15, 0.2) is 50.2 Å². The number of nitrogens with one attached hydrogen (secondary N) is 1. The molecule has 0 saturated carbocycles. The number of nitrogen functional groups attached to an aromatic ring is 1. The molecular formula is C15H14Br2N2OS. The van der Waals surface area contributed by atoms with Crippen molar-refractivity contribution >= 4 is 60.9 Å². The number of halogens is 2. The maximum absolute atomic E-state index is 12.0. The quantitative estimate of drug-likeness (QED) is 0.540. The zero-order valence-corrected chi connectivity index (χ0v) is 15.3. The molecule has 0 heterocycles. The number of nitrogens with two attached hydrogens (primary N) is 1. The van der Waals surface area contributed by atoms with Crippen LogP contribution in [0.5, 0.6) is 0 Å². The van der Waals surface area contributed by atoms with Crippen LogP contribution in [0.2, 0.25) is 0 Å². The van der Waals surface area contributed by atoms with E-state index in [2.05, 4.69) is 37.2 Å². The van der Waals surface area contributed by atoms with Gasteiger partial charge < -0.3 is 11.1 Å². The first-order valence-electron chi connectivity index (χ1n) is 6.19. The second-order valence-corrected chi connectivity index (χ2v) is 7.29. The normalized spacial score (nSPS) is 10.4. The summed E-state index contributed by atoms with van der Waals surface area (Å²) in [5.74, 6) is 0.250. The molecule has 0 bridgehead atoms. The van der Waals surface area contributed by atoms with Crippen molar-refractivity contribution in [3.8, 4) is 0 Å². The van der Waals surface area contributed by atoms with E-state index in [-0.39, 0.29) is 5.91 Å². The molecule has 1 amide bonds. The van der Waals surface area contributed by atoms with Gasteiger partial charge in [0.25, 0.3) is 0 Å². The molecule has 0 radical (unpaired) electrons. The molecule has 0 atom stereocenters. The van der Waals surface area contributed by atoms with Crippen LogP contribution in [0.25, 0.3) is 0 Å². The van der Waals surface area contributed by atoms with Gasteiger partial charge in [0.05, 0.1) is 11.4 Å². The molecule has 0 aliphatic rings.